The molecule has 0 aromatic carbocycles. The van der Waals surface area contributed by atoms with Gasteiger partial charge in [0.05, 0.1) is 24.7 Å². The quantitative estimate of drug-likeness (QED) is 0.335. The number of rotatable bonds is 3. The van der Waals surface area contributed by atoms with Crippen LogP contribution in [0, 0.1) is 0 Å². The molecule has 0 saturated carbocycles. The third-order valence-corrected chi connectivity index (χ3v) is 0.912. The van der Waals surface area contributed by atoms with Gasteiger partial charge in [0.2, 0.25) is 0 Å². The molecule has 0 rings (SSSR count). The van der Waals surface area contributed by atoms with Gasteiger partial charge in [0.15, 0.2) is 0 Å². The second-order valence-corrected chi connectivity index (χ2v) is 3.39. The van der Waals surface area contributed by atoms with Gasteiger partial charge in [0, 0.05) is 0 Å². The van der Waals surface area contributed by atoms with Crippen molar-refractivity contribution in [3.8, 4) is 0 Å². The SMILES string of the molecule is C=C(C)C.O=C(O)CS.O=C(O)CS.OCCO. The maximum atomic E-state index is 9.29. The number of allylic oxidation sites excluding steroid dienone is 1. The zero-order chi connectivity index (χ0) is 15.6. The van der Waals surface area contributed by atoms with E-state index in [1.54, 1.807) is 0 Å². The highest BCUT2D eigenvalue weighted by Crippen LogP contribution is 1.73. The lowest BCUT2D eigenvalue weighted by Gasteiger charge is -1.71. The molecule has 0 spiro atoms. The molecule has 18 heavy (non-hydrogen) atoms. The molecule has 0 aromatic heterocycles. The van der Waals surface area contributed by atoms with Crippen molar-refractivity contribution in [2.45, 2.75) is 13.8 Å². The smallest absolute Gasteiger partial charge is 0.313 e. The maximum absolute atomic E-state index is 9.29. The van der Waals surface area contributed by atoms with Crippen molar-refractivity contribution in [2.24, 2.45) is 0 Å². The van der Waals surface area contributed by atoms with Crippen LogP contribution in [0.15, 0.2) is 12.2 Å². The number of aliphatic hydroxyl groups excluding tert-OH is 2. The maximum Gasteiger partial charge on any atom is 0.313 e. The summed E-state index contributed by atoms with van der Waals surface area (Å²) in [5.41, 5.74) is 1.17. The summed E-state index contributed by atoms with van der Waals surface area (Å²) in [6, 6.07) is 0. The van der Waals surface area contributed by atoms with Crippen LogP contribution in [0.5, 0.6) is 0 Å². The molecule has 6 nitrogen and oxygen atoms in total. The standard InChI is InChI=1S/C4H8.2C2H4O2S.C2H6O2/c1-4(2)3;2*3-2(4)1-5;3-1-2-4/h1H2,2-3H3;2*5H,1H2,(H,3,4);3-4H,1-2H2. The largest absolute Gasteiger partial charge is 0.481 e. The van der Waals surface area contributed by atoms with Gasteiger partial charge in [0.1, 0.15) is 0 Å². The fraction of sp³-hybridized carbons (Fsp3) is 0.600. The molecule has 0 amide bonds. The lowest BCUT2D eigenvalue weighted by Crippen LogP contribution is -1.92. The van der Waals surface area contributed by atoms with Gasteiger partial charge in [-0.15, -0.1) is 6.58 Å². The van der Waals surface area contributed by atoms with E-state index in [9.17, 15) is 9.59 Å². The van der Waals surface area contributed by atoms with Gasteiger partial charge < -0.3 is 20.4 Å². The number of aliphatic hydroxyl groups is 2. The van der Waals surface area contributed by atoms with E-state index in [1.807, 2.05) is 13.8 Å². The number of carboxylic acid groups (broad SMARTS) is 2. The minimum absolute atomic E-state index is 0.0833. The van der Waals surface area contributed by atoms with Crippen molar-refractivity contribution >= 4 is 37.2 Å². The Labute approximate surface area is 118 Å². The molecule has 110 valence electrons. The second-order valence-electron chi connectivity index (χ2n) is 2.76. The first-order valence-corrected chi connectivity index (χ1v) is 5.95. The molecule has 0 atom stereocenters. The molecule has 0 aliphatic rings. The summed E-state index contributed by atoms with van der Waals surface area (Å²) in [5.74, 6) is -1.93. The van der Waals surface area contributed by atoms with Crippen molar-refractivity contribution in [2.75, 3.05) is 24.7 Å². The number of hydrogen-bond donors (Lipinski definition) is 6. The van der Waals surface area contributed by atoms with Crippen LogP contribution in [-0.4, -0.2) is 57.1 Å². The molecule has 0 unspecified atom stereocenters. The van der Waals surface area contributed by atoms with Crippen molar-refractivity contribution in [3.05, 3.63) is 12.2 Å². The third-order valence-electron chi connectivity index (χ3n) is 0.371. The summed E-state index contributed by atoms with van der Waals surface area (Å²) in [7, 11) is 0. The molecule has 0 aromatic rings. The lowest BCUT2D eigenvalue weighted by molar-refractivity contribution is -0.134. The van der Waals surface area contributed by atoms with Crippen LogP contribution in [-0.2, 0) is 9.59 Å². The molecule has 0 aliphatic carbocycles. The molecule has 0 bridgehead atoms. The highest BCUT2D eigenvalue weighted by molar-refractivity contribution is 7.81. The van der Waals surface area contributed by atoms with E-state index in [-0.39, 0.29) is 24.7 Å². The Morgan fingerprint density at radius 3 is 1.06 bits per heavy atom. The predicted octanol–water partition coefficient (Wildman–Crippen LogP) is 0.555. The highest BCUT2D eigenvalue weighted by atomic mass is 32.1. The fourth-order valence-electron chi connectivity index (χ4n) is 0. The molecule has 8 heteroatoms. The normalized spacial score (nSPS) is 7.22. The van der Waals surface area contributed by atoms with Crippen LogP contribution in [0.3, 0.4) is 0 Å². The summed E-state index contributed by atoms with van der Waals surface area (Å²) in [5, 5.41) is 30.5. The van der Waals surface area contributed by atoms with E-state index < -0.39 is 11.9 Å². The molecule has 0 radical (unpaired) electrons. The fourth-order valence-corrected chi connectivity index (χ4v) is 0. The summed E-state index contributed by atoms with van der Waals surface area (Å²) in [4.78, 5) is 18.6. The van der Waals surface area contributed by atoms with E-state index >= 15 is 0 Å². The Morgan fingerprint density at radius 2 is 1.06 bits per heavy atom. The van der Waals surface area contributed by atoms with E-state index in [4.69, 9.17) is 20.4 Å². The summed E-state index contributed by atoms with van der Waals surface area (Å²) in [6.45, 7) is 7.25. The van der Waals surface area contributed by atoms with E-state index in [1.165, 1.54) is 5.57 Å². The van der Waals surface area contributed by atoms with E-state index in [2.05, 4.69) is 31.8 Å². The number of carbonyl (C=O) groups is 2. The van der Waals surface area contributed by atoms with Crippen molar-refractivity contribution in [1.82, 2.24) is 0 Å². The first kappa shape index (κ1) is 26.0. The molecule has 0 fully saturated rings. The van der Waals surface area contributed by atoms with Crippen LogP contribution >= 0.6 is 25.3 Å². The third kappa shape index (κ3) is 169. The van der Waals surface area contributed by atoms with Gasteiger partial charge in [-0.2, -0.15) is 25.3 Å². The zero-order valence-electron chi connectivity index (χ0n) is 10.5. The van der Waals surface area contributed by atoms with Crippen LogP contribution in [0.25, 0.3) is 0 Å². The monoisotopic (exact) mass is 302 g/mol. The van der Waals surface area contributed by atoms with Gasteiger partial charge in [-0.1, -0.05) is 5.57 Å². The van der Waals surface area contributed by atoms with Gasteiger partial charge >= 0.3 is 11.9 Å². The summed E-state index contributed by atoms with van der Waals surface area (Å²) < 4.78 is 0. The Hall–Kier alpha value is -0.700. The minimum Gasteiger partial charge on any atom is -0.481 e. The lowest BCUT2D eigenvalue weighted by atomic mass is 10.4. The van der Waals surface area contributed by atoms with Crippen molar-refractivity contribution in [3.63, 3.8) is 0 Å². The number of carboxylic acids is 2. The molecule has 0 saturated heterocycles. The zero-order valence-corrected chi connectivity index (χ0v) is 12.3. The average molecular weight is 302 g/mol. The molecular weight excluding hydrogens is 280 g/mol. The molecular formula is C10H22O6S2. The molecule has 0 aliphatic heterocycles. The predicted molar refractivity (Wildman–Crippen MR) is 77.6 cm³/mol. The Morgan fingerprint density at radius 1 is 0.944 bits per heavy atom. The van der Waals surface area contributed by atoms with Crippen LogP contribution in [0.1, 0.15) is 13.8 Å². The van der Waals surface area contributed by atoms with Crippen LogP contribution in [0.4, 0.5) is 0 Å². The van der Waals surface area contributed by atoms with Gasteiger partial charge in [0.25, 0.3) is 0 Å². The minimum atomic E-state index is -0.881. The topological polar surface area (TPSA) is 115 Å². The average Bonchev–Trinajstić information content (AvgIpc) is 2.29. The van der Waals surface area contributed by atoms with Gasteiger partial charge in [-0.25, -0.2) is 0 Å². The van der Waals surface area contributed by atoms with E-state index in [0.717, 1.165) is 0 Å². The number of aliphatic carboxylic acids is 2. The van der Waals surface area contributed by atoms with Crippen LogP contribution in [0.2, 0.25) is 0 Å². The Kier molecular flexibility index (Phi) is 36.4. The van der Waals surface area contributed by atoms with Crippen molar-refractivity contribution < 1.29 is 30.0 Å². The number of hydrogen-bond acceptors (Lipinski definition) is 6. The van der Waals surface area contributed by atoms with Gasteiger partial charge in [-0.05, 0) is 13.8 Å². The van der Waals surface area contributed by atoms with E-state index in [0.29, 0.717) is 0 Å². The Bertz CT molecular complexity index is 189. The first-order valence-electron chi connectivity index (χ1n) is 4.68. The second kappa shape index (κ2) is 25.2. The van der Waals surface area contributed by atoms with Gasteiger partial charge in [-0.3, -0.25) is 9.59 Å². The summed E-state index contributed by atoms with van der Waals surface area (Å²) >= 11 is 6.83. The molecule has 0 heterocycles. The summed E-state index contributed by atoms with van der Waals surface area (Å²) in [6.07, 6.45) is 0. The number of thiol groups is 2. The highest BCUT2D eigenvalue weighted by Gasteiger charge is 1.82. The van der Waals surface area contributed by atoms with Crippen molar-refractivity contribution in [1.29, 1.82) is 0 Å². The molecule has 4 N–H and O–H groups in total. The first-order chi connectivity index (χ1) is 8.19. The van der Waals surface area contributed by atoms with Crippen LogP contribution < -0.4 is 0 Å². The Balaban J connectivity index is -0.0000000731.